The molecule has 1 aromatic carbocycles. The SMILES string of the molecule is COc1ccc(CCC(=O)N2CCN(C(=O)c3n[nH]c4c3CNCC4)CC2)cc1. The number of aromatic nitrogens is 2. The summed E-state index contributed by atoms with van der Waals surface area (Å²) in [5, 5.41) is 10.6. The van der Waals surface area contributed by atoms with Crippen molar-refractivity contribution in [1.29, 1.82) is 0 Å². The van der Waals surface area contributed by atoms with Crippen molar-refractivity contribution < 1.29 is 14.3 Å². The number of hydrogen-bond acceptors (Lipinski definition) is 5. The molecule has 2 N–H and O–H groups in total. The first kappa shape index (κ1) is 19.4. The summed E-state index contributed by atoms with van der Waals surface area (Å²) in [5.74, 6) is 0.903. The van der Waals surface area contributed by atoms with Crippen LogP contribution in [0.1, 0.15) is 33.7 Å². The highest BCUT2D eigenvalue weighted by atomic mass is 16.5. The normalized spacial score (nSPS) is 16.4. The van der Waals surface area contributed by atoms with Crippen molar-refractivity contribution >= 4 is 11.8 Å². The second kappa shape index (κ2) is 8.65. The van der Waals surface area contributed by atoms with Gasteiger partial charge in [-0.3, -0.25) is 14.7 Å². The van der Waals surface area contributed by atoms with E-state index in [9.17, 15) is 9.59 Å². The van der Waals surface area contributed by atoms with Crippen LogP contribution in [-0.4, -0.2) is 71.6 Å². The molecule has 1 saturated heterocycles. The molecular formula is C21H27N5O3. The second-order valence-electron chi connectivity index (χ2n) is 7.48. The summed E-state index contributed by atoms with van der Waals surface area (Å²) in [6.07, 6.45) is 2.04. The Morgan fingerprint density at radius 2 is 1.83 bits per heavy atom. The third-order valence-corrected chi connectivity index (χ3v) is 5.72. The van der Waals surface area contributed by atoms with Crippen molar-refractivity contribution in [2.45, 2.75) is 25.8 Å². The monoisotopic (exact) mass is 397 g/mol. The van der Waals surface area contributed by atoms with Gasteiger partial charge in [-0.2, -0.15) is 5.10 Å². The van der Waals surface area contributed by atoms with Gasteiger partial charge in [-0.1, -0.05) is 12.1 Å². The predicted octanol–water partition coefficient (Wildman–Crippen LogP) is 0.981. The Hall–Kier alpha value is -2.87. The molecule has 0 atom stereocenters. The van der Waals surface area contributed by atoms with Crippen LogP contribution in [-0.2, 0) is 24.2 Å². The van der Waals surface area contributed by atoms with Gasteiger partial charge in [0.25, 0.3) is 5.91 Å². The van der Waals surface area contributed by atoms with Gasteiger partial charge in [0, 0.05) is 63.4 Å². The minimum Gasteiger partial charge on any atom is -0.497 e. The lowest BCUT2D eigenvalue weighted by molar-refractivity contribution is -0.132. The van der Waals surface area contributed by atoms with Crippen molar-refractivity contribution in [1.82, 2.24) is 25.3 Å². The highest BCUT2D eigenvalue weighted by Crippen LogP contribution is 2.18. The number of carbonyl (C=O) groups excluding carboxylic acids is 2. The molecule has 0 spiro atoms. The molecule has 3 heterocycles. The van der Waals surface area contributed by atoms with Crippen molar-refractivity contribution in [2.75, 3.05) is 39.8 Å². The zero-order valence-electron chi connectivity index (χ0n) is 16.7. The number of nitrogens with one attached hydrogen (secondary N) is 2. The summed E-state index contributed by atoms with van der Waals surface area (Å²) in [5.41, 5.74) is 3.68. The number of fused-ring (bicyclic) bond motifs is 1. The van der Waals surface area contributed by atoms with E-state index in [1.54, 1.807) is 12.0 Å². The molecule has 154 valence electrons. The Labute approximate surface area is 170 Å². The van der Waals surface area contributed by atoms with E-state index in [2.05, 4.69) is 15.5 Å². The van der Waals surface area contributed by atoms with Crippen LogP contribution in [0.3, 0.4) is 0 Å². The van der Waals surface area contributed by atoms with Crippen LogP contribution in [0.4, 0.5) is 0 Å². The maximum Gasteiger partial charge on any atom is 0.274 e. The van der Waals surface area contributed by atoms with Crippen LogP contribution >= 0.6 is 0 Å². The topological polar surface area (TPSA) is 90.6 Å². The van der Waals surface area contributed by atoms with Crippen LogP contribution in [0.2, 0.25) is 0 Å². The third-order valence-electron chi connectivity index (χ3n) is 5.72. The molecule has 0 saturated carbocycles. The van der Waals surface area contributed by atoms with Gasteiger partial charge in [-0.05, 0) is 24.1 Å². The number of piperazine rings is 1. The summed E-state index contributed by atoms with van der Waals surface area (Å²) < 4.78 is 5.16. The molecule has 0 aliphatic carbocycles. The molecule has 2 amide bonds. The van der Waals surface area contributed by atoms with E-state index in [0.29, 0.717) is 51.3 Å². The van der Waals surface area contributed by atoms with Gasteiger partial charge >= 0.3 is 0 Å². The van der Waals surface area contributed by atoms with E-state index in [1.165, 1.54) is 0 Å². The molecule has 0 radical (unpaired) electrons. The van der Waals surface area contributed by atoms with Crippen LogP contribution in [0.15, 0.2) is 24.3 Å². The van der Waals surface area contributed by atoms with Crippen LogP contribution in [0.25, 0.3) is 0 Å². The standard InChI is InChI=1S/C21H27N5O3/c1-29-16-5-2-15(3-6-16)4-7-19(27)25-10-12-26(13-11-25)21(28)20-17-14-22-9-8-18(17)23-24-20/h2-3,5-6,22H,4,7-14H2,1H3,(H,23,24). The number of rotatable bonds is 5. The number of H-pyrrole nitrogens is 1. The number of aromatic amines is 1. The molecule has 4 rings (SSSR count). The number of hydrogen-bond donors (Lipinski definition) is 2. The summed E-state index contributed by atoms with van der Waals surface area (Å²) in [7, 11) is 1.64. The quantitative estimate of drug-likeness (QED) is 0.785. The van der Waals surface area contributed by atoms with Gasteiger partial charge in [0.05, 0.1) is 7.11 Å². The first-order valence-corrected chi connectivity index (χ1v) is 10.1. The first-order valence-electron chi connectivity index (χ1n) is 10.1. The van der Waals surface area contributed by atoms with Gasteiger partial charge in [0.15, 0.2) is 5.69 Å². The Kier molecular flexibility index (Phi) is 5.80. The lowest BCUT2D eigenvalue weighted by Crippen LogP contribution is -2.51. The van der Waals surface area contributed by atoms with Gasteiger partial charge in [-0.25, -0.2) is 0 Å². The maximum absolute atomic E-state index is 12.9. The molecule has 2 aromatic rings. The lowest BCUT2D eigenvalue weighted by Gasteiger charge is -2.34. The van der Waals surface area contributed by atoms with Crippen LogP contribution < -0.4 is 10.1 Å². The van der Waals surface area contributed by atoms with E-state index in [4.69, 9.17) is 4.74 Å². The number of ether oxygens (including phenoxy) is 1. The number of aryl methyl sites for hydroxylation is 1. The Morgan fingerprint density at radius 3 is 2.55 bits per heavy atom. The molecule has 8 heteroatoms. The van der Waals surface area contributed by atoms with Crippen molar-refractivity contribution in [3.63, 3.8) is 0 Å². The molecule has 0 bridgehead atoms. The Bertz CT molecular complexity index is 869. The number of methoxy groups -OCH3 is 1. The van der Waals surface area contributed by atoms with Crippen LogP contribution in [0.5, 0.6) is 5.75 Å². The number of amides is 2. The minimum absolute atomic E-state index is 0.0449. The van der Waals surface area contributed by atoms with Gasteiger partial charge in [-0.15, -0.1) is 0 Å². The van der Waals surface area contributed by atoms with Crippen LogP contribution in [0, 0.1) is 0 Å². The number of benzene rings is 1. The predicted molar refractivity (Wildman–Crippen MR) is 108 cm³/mol. The molecule has 1 fully saturated rings. The zero-order chi connectivity index (χ0) is 20.2. The molecule has 0 unspecified atom stereocenters. The summed E-state index contributed by atoms with van der Waals surface area (Å²) in [4.78, 5) is 29.1. The maximum atomic E-state index is 12.9. The Balaban J connectivity index is 1.28. The fraction of sp³-hybridized carbons (Fsp3) is 0.476. The average Bonchev–Trinajstić information content (AvgIpc) is 3.21. The van der Waals surface area contributed by atoms with Crippen molar-refractivity contribution in [3.05, 3.63) is 46.8 Å². The van der Waals surface area contributed by atoms with E-state index in [0.717, 1.165) is 35.5 Å². The third kappa shape index (κ3) is 4.27. The van der Waals surface area contributed by atoms with E-state index < -0.39 is 0 Å². The zero-order valence-corrected chi connectivity index (χ0v) is 16.7. The molecule has 1 aromatic heterocycles. The molecule has 2 aliphatic heterocycles. The minimum atomic E-state index is -0.0449. The second-order valence-corrected chi connectivity index (χ2v) is 7.48. The fourth-order valence-corrected chi connectivity index (χ4v) is 3.91. The van der Waals surface area contributed by atoms with E-state index in [1.807, 2.05) is 29.2 Å². The number of nitrogens with zero attached hydrogens (tertiary/aromatic N) is 3. The van der Waals surface area contributed by atoms with Gasteiger partial charge in [0.2, 0.25) is 5.91 Å². The van der Waals surface area contributed by atoms with Gasteiger partial charge in [0.1, 0.15) is 5.75 Å². The molecular weight excluding hydrogens is 370 g/mol. The Morgan fingerprint density at radius 1 is 1.10 bits per heavy atom. The van der Waals surface area contributed by atoms with E-state index >= 15 is 0 Å². The number of carbonyl (C=O) groups is 2. The fourth-order valence-electron chi connectivity index (χ4n) is 3.91. The van der Waals surface area contributed by atoms with E-state index in [-0.39, 0.29) is 11.8 Å². The molecule has 8 nitrogen and oxygen atoms in total. The summed E-state index contributed by atoms with van der Waals surface area (Å²) in [6, 6.07) is 7.80. The summed E-state index contributed by atoms with van der Waals surface area (Å²) >= 11 is 0. The summed E-state index contributed by atoms with van der Waals surface area (Å²) in [6.45, 7) is 3.80. The smallest absolute Gasteiger partial charge is 0.274 e. The molecule has 2 aliphatic rings. The largest absolute Gasteiger partial charge is 0.497 e. The highest BCUT2D eigenvalue weighted by Gasteiger charge is 2.29. The van der Waals surface area contributed by atoms with Gasteiger partial charge < -0.3 is 19.9 Å². The van der Waals surface area contributed by atoms with Crippen molar-refractivity contribution in [3.8, 4) is 5.75 Å². The lowest BCUT2D eigenvalue weighted by atomic mass is 10.1. The highest BCUT2D eigenvalue weighted by molar-refractivity contribution is 5.94. The molecule has 29 heavy (non-hydrogen) atoms. The average molecular weight is 397 g/mol. The first-order chi connectivity index (χ1) is 14.2. The van der Waals surface area contributed by atoms with Crippen molar-refractivity contribution in [2.24, 2.45) is 0 Å².